The number of nitrogens with one attached hydrogen (secondary N) is 1. The second kappa shape index (κ2) is 45.5. The van der Waals surface area contributed by atoms with Crippen LogP contribution in [0.1, 0.15) is 181 Å². The molecule has 8 unspecified atom stereocenters. The number of aliphatic hydroxyl groups is 5. The molecule has 11 heteroatoms. The van der Waals surface area contributed by atoms with E-state index in [1.165, 1.54) is 38.5 Å². The van der Waals surface area contributed by atoms with Crippen LogP contribution < -0.4 is 5.32 Å². The van der Waals surface area contributed by atoms with Crippen molar-refractivity contribution in [3.63, 3.8) is 0 Å². The van der Waals surface area contributed by atoms with E-state index >= 15 is 0 Å². The number of carbonyl (C=O) groups is 2. The molecular formula is C58H95NO10. The molecule has 0 aromatic heterocycles. The maximum Gasteiger partial charge on any atom is 0.306 e. The third-order valence-corrected chi connectivity index (χ3v) is 11.7. The minimum absolute atomic E-state index is 0.0874. The maximum atomic E-state index is 13.3. The Morgan fingerprint density at radius 2 is 1.12 bits per heavy atom. The smallest absolute Gasteiger partial charge is 0.306 e. The first-order chi connectivity index (χ1) is 33.7. The van der Waals surface area contributed by atoms with Gasteiger partial charge in [0.2, 0.25) is 5.91 Å². The Labute approximate surface area is 418 Å². The van der Waals surface area contributed by atoms with Gasteiger partial charge >= 0.3 is 5.97 Å². The lowest BCUT2D eigenvalue weighted by Crippen LogP contribution is -2.61. The van der Waals surface area contributed by atoms with Gasteiger partial charge in [-0.1, -0.05) is 201 Å². The largest absolute Gasteiger partial charge is 0.454 e. The van der Waals surface area contributed by atoms with Crippen LogP contribution in [0.3, 0.4) is 0 Å². The zero-order valence-electron chi connectivity index (χ0n) is 42.9. The number of esters is 1. The molecule has 1 aliphatic rings. The molecule has 392 valence electrons. The van der Waals surface area contributed by atoms with Crippen LogP contribution in [-0.2, 0) is 23.8 Å². The molecule has 1 aliphatic heterocycles. The van der Waals surface area contributed by atoms with Crippen LogP contribution in [0.2, 0.25) is 0 Å². The topological polar surface area (TPSA) is 175 Å². The summed E-state index contributed by atoms with van der Waals surface area (Å²) in [5, 5.41) is 56.5. The van der Waals surface area contributed by atoms with E-state index in [9.17, 15) is 35.1 Å². The fraction of sp³-hybridized carbons (Fsp3) is 0.655. The standard InChI is InChI=1S/C58H95NO10/c1-4-7-10-13-16-19-22-24-25-26-28-30-33-36-39-42-45-51(62)57(66)59-49(50(61)44-41-38-35-32-29-21-18-15-12-9-6-3)48-67-58-56(55(65)54(64)52(47-60)68-58)69-53(63)46-43-40-37-34-31-27-23-20-17-14-11-8-5-2/h7-8,10-11,14,16-17,19-20,23-25,28,30,36,39,41,44,49-52,54-56,58,60-62,64-65H,4-6,9,12-13,15,18,21-22,26-27,29,31-35,37-38,40,42-43,45-48H2,1-3H3,(H,59,66)/b10-7-,11-8+,17-14+,19-16-,23-20-,25-24-,30-28-,39-36-,44-41+. The van der Waals surface area contributed by atoms with Crippen LogP contribution in [-0.4, -0.2) is 99.6 Å². The summed E-state index contributed by atoms with van der Waals surface area (Å²) in [6.45, 7) is 5.44. The second-order valence-electron chi connectivity index (χ2n) is 17.9. The van der Waals surface area contributed by atoms with Gasteiger partial charge in [0.1, 0.15) is 24.4 Å². The fourth-order valence-electron chi connectivity index (χ4n) is 7.51. The summed E-state index contributed by atoms with van der Waals surface area (Å²) in [6.07, 6.45) is 50.1. The normalized spacial score (nSPS) is 20.7. The first-order valence-corrected chi connectivity index (χ1v) is 26.7. The Hall–Kier alpha value is -3.68. The molecule has 0 aromatic rings. The fourth-order valence-corrected chi connectivity index (χ4v) is 7.51. The molecule has 0 aliphatic carbocycles. The minimum Gasteiger partial charge on any atom is -0.454 e. The second-order valence-corrected chi connectivity index (χ2v) is 17.9. The average molecular weight is 966 g/mol. The van der Waals surface area contributed by atoms with E-state index in [0.717, 1.165) is 96.3 Å². The molecule has 0 bridgehead atoms. The van der Waals surface area contributed by atoms with Gasteiger partial charge in [-0.25, -0.2) is 0 Å². The number of aliphatic hydroxyl groups excluding tert-OH is 5. The maximum absolute atomic E-state index is 13.3. The lowest BCUT2D eigenvalue weighted by molar-refractivity contribution is -0.305. The number of allylic oxidation sites excluding steroid dienone is 17. The van der Waals surface area contributed by atoms with Crippen LogP contribution in [0.5, 0.6) is 0 Å². The molecule has 69 heavy (non-hydrogen) atoms. The first kappa shape index (κ1) is 63.3. The number of amides is 1. The van der Waals surface area contributed by atoms with Gasteiger partial charge in [0.15, 0.2) is 12.4 Å². The van der Waals surface area contributed by atoms with Crippen LogP contribution in [0.15, 0.2) is 109 Å². The highest BCUT2D eigenvalue weighted by Crippen LogP contribution is 2.26. The van der Waals surface area contributed by atoms with Gasteiger partial charge in [0.25, 0.3) is 0 Å². The summed E-state index contributed by atoms with van der Waals surface area (Å²) in [7, 11) is 0. The summed E-state index contributed by atoms with van der Waals surface area (Å²) in [5.74, 6) is -1.29. The Bertz CT molecular complexity index is 1530. The predicted octanol–water partition coefficient (Wildman–Crippen LogP) is 11.4. The number of carbonyl (C=O) groups excluding carboxylic acids is 2. The molecule has 1 rings (SSSR count). The van der Waals surface area contributed by atoms with Crippen molar-refractivity contribution in [3.05, 3.63) is 109 Å². The molecule has 0 aromatic carbocycles. The Balaban J connectivity index is 2.83. The van der Waals surface area contributed by atoms with Gasteiger partial charge in [-0.3, -0.25) is 9.59 Å². The van der Waals surface area contributed by atoms with Crippen molar-refractivity contribution >= 4 is 11.9 Å². The van der Waals surface area contributed by atoms with Crippen molar-refractivity contribution in [2.24, 2.45) is 0 Å². The van der Waals surface area contributed by atoms with Crippen molar-refractivity contribution in [3.8, 4) is 0 Å². The van der Waals surface area contributed by atoms with Crippen molar-refractivity contribution in [2.75, 3.05) is 13.2 Å². The molecular weight excluding hydrogens is 871 g/mol. The van der Waals surface area contributed by atoms with E-state index < -0.39 is 67.4 Å². The van der Waals surface area contributed by atoms with Gasteiger partial charge in [-0.2, -0.15) is 0 Å². The number of rotatable bonds is 42. The molecule has 1 saturated heterocycles. The van der Waals surface area contributed by atoms with Gasteiger partial charge in [0, 0.05) is 6.42 Å². The molecule has 1 amide bonds. The predicted molar refractivity (Wildman–Crippen MR) is 282 cm³/mol. The van der Waals surface area contributed by atoms with Crippen LogP contribution in [0, 0.1) is 0 Å². The quantitative estimate of drug-likeness (QED) is 0.0149. The van der Waals surface area contributed by atoms with E-state index in [4.69, 9.17) is 14.2 Å². The van der Waals surface area contributed by atoms with Gasteiger partial charge in [0.05, 0.1) is 25.4 Å². The first-order valence-electron chi connectivity index (χ1n) is 26.7. The van der Waals surface area contributed by atoms with Gasteiger partial charge in [-0.15, -0.1) is 0 Å². The van der Waals surface area contributed by atoms with Gasteiger partial charge in [-0.05, 0) is 83.5 Å². The van der Waals surface area contributed by atoms with Crippen LogP contribution in [0.25, 0.3) is 0 Å². The molecule has 6 N–H and O–H groups in total. The summed E-state index contributed by atoms with van der Waals surface area (Å²) in [4.78, 5) is 26.3. The molecule has 11 nitrogen and oxygen atoms in total. The summed E-state index contributed by atoms with van der Waals surface area (Å²) >= 11 is 0. The van der Waals surface area contributed by atoms with E-state index in [-0.39, 0.29) is 19.4 Å². The van der Waals surface area contributed by atoms with Crippen molar-refractivity contribution in [1.82, 2.24) is 5.32 Å². The number of unbranched alkanes of at least 4 members (excludes halogenated alkanes) is 14. The zero-order valence-corrected chi connectivity index (χ0v) is 42.9. The summed E-state index contributed by atoms with van der Waals surface area (Å²) in [6, 6.07) is -1.06. The number of hydrogen-bond acceptors (Lipinski definition) is 10. The average Bonchev–Trinajstić information content (AvgIpc) is 3.34. The third-order valence-electron chi connectivity index (χ3n) is 11.7. The molecule has 0 radical (unpaired) electrons. The van der Waals surface area contributed by atoms with E-state index in [0.29, 0.717) is 12.8 Å². The van der Waals surface area contributed by atoms with Crippen LogP contribution >= 0.6 is 0 Å². The molecule has 8 atom stereocenters. The lowest BCUT2D eigenvalue weighted by atomic mass is 9.99. The summed E-state index contributed by atoms with van der Waals surface area (Å²) in [5.41, 5.74) is 0. The number of hydrogen-bond donors (Lipinski definition) is 6. The zero-order chi connectivity index (χ0) is 50.4. The van der Waals surface area contributed by atoms with Crippen molar-refractivity contribution < 1.29 is 49.3 Å². The van der Waals surface area contributed by atoms with E-state index in [1.807, 2.05) is 42.5 Å². The molecule has 1 fully saturated rings. The SMILES string of the molecule is CC/C=C\C/C=C\C/C=C\C/C=C\C/C=C\CCC(O)C(=O)NC(COC1OC(CO)C(O)C(O)C1OC(=O)CCCCCCC\C=C/C=C/C=C/CC)C(O)/C=C/CCCCCCCCCCC. The van der Waals surface area contributed by atoms with Gasteiger partial charge < -0.3 is 45.1 Å². The highest BCUT2D eigenvalue weighted by atomic mass is 16.7. The Morgan fingerprint density at radius 1 is 0.594 bits per heavy atom. The van der Waals surface area contributed by atoms with E-state index in [2.05, 4.69) is 86.8 Å². The van der Waals surface area contributed by atoms with Crippen molar-refractivity contribution in [2.45, 2.75) is 230 Å². The Morgan fingerprint density at radius 3 is 1.70 bits per heavy atom. The highest BCUT2D eigenvalue weighted by molar-refractivity contribution is 5.80. The van der Waals surface area contributed by atoms with Crippen LogP contribution in [0.4, 0.5) is 0 Å². The van der Waals surface area contributed by atoms with E-state index in [1.54, 1.807) is 6.08 Å². The van der Waals surface area contributed by atoms with Crippen molar-refractivity contribution in [1.29, 1.82) is 0 Å². The number of ether oxygens (including phenoxy) is 3. The Kier molecular flexibility index (Phi) is 41.7. The molecule has 0 spiro atoms. The summed E-state index contributed by atoms with van der Waals surface area (Å²) < 4.78 is 17.5. The minimum atomic E-state index is -1.64. The third kappa shape index (κ3) is 34.3. The highest BCUT2D eigenvalue weighted by Gasteiger charge is 2.47. The molecule has 0 saturated carbocycles. The lowest BCUT2D eigenvalue weighted by Gasteiger charge is -2.41. The monoisotopic (exact) mass is 966 g/mol. The molecule has 1 heterocycles.